The molecule has 1 saturated heterocycles. The van der Waals surface area contributed by atoms with Crippen LogP contribution in [-0.4, -0.2) is 108 Å². The number of carboxylic acids is 1. The van der Waals surface area contributed by atoms with Gasteiger partial charge in [-0.05, 0) is 101 Å². The van der Waals surface area contributed by atoms with Crippen molar-refractivity contribution in [3.8, 4) is 23.0 Å². The number of methoxy groups -OCH3 is 4. The van der Waals surface area contributed by atoms with E-state index in [1.807, 2.05) is 158 Å². The van der Waals surface area contributed by atoms with Gasteiger partial charge in [-0.1, -0.05) is 140 Å². The average Bonchev–Trinajstić information content (AvgIpc) is 2.05. The molecule has 1 aliphatic heterocycles. The number of nitrogens with zero attached hydrogens (tertiary/aromatic N) is 4. The molecule has 0 aliphatic carbocycles. The molecule has 0 saturated carbocycles. The molecule has 0 unspecified atom stereocenters. The highest BCUT2D eigenvalue weighted by Crippen LogP contribution is 2.48. The summed E-state index contributed by atoms with van der Waals surface area (Å²) in [6.07, 6.45) is -1.99. The van der Waals surface area contributed by atoms with Crippen molar-refractivity contribution in [2.24, 2.45) is 0 Å². The molecule has 19 heteroatoms. The molecule has 0 spiro atoms. The minimum absolute atomic E-state index is 0.0536. The zero-order valence-corrected chi connectivity index (χ0v) is 47.7. The van der Waals surface area contributed by atoms with E-state index in [4.69, 9.17) is 43.6 Å². The number of aliphatic carboxylic acids is 1. The third kappa shape index (κ3) is 12.0. The number of benzene rings is 7. The van der Waals surface area contributed by atoms with E-state index in [0.29, 0.717) is 45.3 Å². The van der Waals surface area contributed by atoms with Crippen LogP contribution in [0.25, 0.3) is 11.2 Å². The number of anilines is 1. The summed E-state index contributed by atoms with van der Waals surface area (Å²) in [5, 5.41) is 15.9. The third-order valence-electron chi connectivity index (χ3n) is 15.2. The molecule has 9 aromatic rings. The Morgan fingerprint density at radius 2 is 1.06 bits per heavy atom. The molecule has 436 valence electrons. The second-order valence-corrected chi connectivity index (χ2v) is 20.7. The van der Waals surface area contributed by atoms with Crippen LogP contribution < -0.4 is 35.3 Å². The lowest BCUT2D eigenvalue weighted by molar-refractivity contribution is -0.141. The summed E-state index contributed by atoms with van der Waals surface area (Å²) in [6, 6.07) is 55.6. The molecule has 3 heterocycles. The van der Waals surface area contributed by atoms with Crippen molar-refractivity contribution in [2.45, 2.75) is 67.6 Å². The molecule has 5 N–H and O–H groups in total. The first-order chi connectivity index (χ1) is 41.2. The minimum Gasteiger partial charge on any atom is -0.497 e. The molecular weight excluding hydrogens is 1080 g/mol. The first-order valence-electron chi connectivity index (χ1n) is 27.4. The van der Waals surface area contributed by atoms with Gasteiger partial charge in [-0.2, -0.15) is 0 Å². The standard InChI is InChI=1S/C66H65N7O12/c1-64(2,85-63(77)71-53(61(74)75)38-42-16-10-7-11-17-42)62(76)72-55-54(39-82-65(43-18-12-8-13-19-43,45-22-30-49(78-3)31-23-45)46-24-32-50(79-4)33-25-46)83-60(73-41-70-56-58(67)68-40-69-59(56)73)57(55)84-66(44-20-14-9-15-21-44,47-26-34-51(80-5)35-27-47)48-28-36-52(81-6)37-29-48/h7-37,40-41,53-55,57,60H,38-39H2,1-6H3,(H,71,77)(H,72,76)(H,74,75)(H2,67,68,69)/t53-,54+,55+,57+,60+/m0/s1. The average molecular weight is 1150 g/mol. The lowest BCUT2D eigenvalue weighted by Crippen LogP contribution is -2.58. The maximum Gasteiger partial charge on any atom is 0.408 e. The van der Waals surface area contributed by atoms with Crippen molar-refractivity contribution < 1.29 is 57.4 Å². The van der Waals surface area contributed by atoms with Gasteiger partial charge in [-0.3, -0.25) is 9.36 Å². The summed E-state index contributed by atoms with van der Waals surface area (Å²) in [5.74, 6) is 0.415. The van der Waals surface area contributed by atoms with Crippen LogP contribution in [0.4, 0.5) is 10.6 Å². The molecule has 10 rings (SSSR count). The van der Waals surface area contributed by atoms with Crippen molar-refractivity contribution in [3.05, 3.63) is 240 Å². The number of nitrogen functional groups attached to an aromatic ring is 1. The molecule has 2 aromatic heterocycles. The van der Waals surface area contributed by atoms with Gasteiger partial charge in [0, 0.05) is 6.42 Å². The topological polar surface area (TPSA) is 239 Å². The fraction of sp³-hybridized carbons (Fsp3) is 0.242. The van der Waals surface area contributed by atoms with Crippen LogP contribution in [-0.2, 0) is 46.2 Å². The van der Waals surface area contributed by atoms with E-state index in [2.05, 4.69) is 25.6 Å². The highest BCUT2D eigenvalue weighted by Gasteiger charge is 2.55. The number of carbonyl (C=O) groups excluding carboxylic acids is 2. The molecule has 0 bridgehead atoms. The van der Waals surface area contributed by atoms with Crippen LogP contribution in [0.5, 0.6) is 23.0 Å². The van der Waals surface area contributed by atoms with E-state index in [9.17, 15) is 14.7 Å². The third-order valence-corrected chi connectivity index (χ3v) is 15.2. The molecule has 5 atom stereocenters. The minimum atomic E-state index is -1.99. The summed E-state index contributed by atoms with van der Waals surface area (Å²) in [6.45, 7) is 2.55. The molecule has 0 radical (unpaired) electrons. The molecule has 19 nitrogen and oxygen atoms in total. The Labute approximate surface area is 491 Å². The van der Waals surface area contributed by atoms with Gasteiger partial charge in [-0.25, -0.2) is 24.5 Å². The summed E-state index contributed by atoms with van der Waals surface area (Å²) >= 11 is 0. The summed E-state index contributed by atoms with van der Waals surface area (Å²) in [4.78, 5) is 55.6. The van der Waals surface area contributed by atoms with Gasteiger partial charge in [0.15, 0.2) is 23.3 Å². The normalized spacial score (nSPS) is 16.4. The van der Waals surface area contributed by atoms with Crippen molar-refractivity contribution in [3.63, 3.8) is 0 Å². The zero-order valence-electron chi connectivity index (χ0n) is 47.7. The number of nitrogens with two attached hydrogens (primary N) is 1. The van der Waals surface area contributed by atoms with Crippen LogP contribution in [0.15, 0.2) is 201 Å². The first kappa shape index (κ1) is 58.4. The second kappa shape index (κ2) is 25.4. The molecule has 85 heavy (non-hydrogen) atoms. The van der Waals surface area contributed by atoms with Gasteiger partial charge >= 0.3 is 12.1 Å². The van der Waals surface area contributed by atoms with Gasteiger partial charge in [0.25, 0.3) is 5.91 Å². The Hall–Kier alpha value is -9.82. The lowest BCUT2D eigenvalue weighted by atomic mass is 9.79. The van der Waals surface area contributed by atoms with Crippen LogP contribution in [0, 0.1) is 0 Å². The predicted molar refractivity (Wildman–Crippen MR) is 316 cm³/mol. The van der Waals surface area contributed by atoms with E-state index in [-0.39, 0.29) is 30.0 Å². The number of amides is 2. The number of hydrogen-bond donors (Lipinski definition) is 4. The van der Waals surface area contributed by atoms with Gasteiger partial charge in [-0.15, -0.1) is 0 Å². The Bertz CT molecular complexity index is 3610. The number of carboxylic acid groups (broad SMARTS) is 1. The lowest BCUT2D eigenvalue weighted by Gasteiger charge is -2.41. The van der Waals surface area contributed by atoms with E-state index in [1.54, 1.807) is 63.3 Å². The molecule has 1 fully saturated rings. The van der Waals surface area contributed by atoms with Gasteiger partial charge in [0.2, 0.25) is 0 Å². The number of nitrogens with one attached hydrogen (secondary N) is 2. The molecule has 2 amide bonds. The summed E-state index contributed by atoms with van der Waals surface area (Å²) in [5.41, 5.74) is 6.95. The molecular formula is C66H65N7O12. The number of alkyl carbamates (subject to hydrolysis) is 1. The fourth-order valence-corrected chi connectivity index (χ4v) is 10.8. The Morgan fingerprint density at radius 3 is 1.53 bits per heavy atom. The number of rotatable bonds is 23. The summed E-state index contributed by atoms with van der Waals surface area (Å²) < 4.78 is 53.3. The van der Waals surface area contributed by atoms with Gasteiger partial charge in [0.05, 0.1) is 47.4 Å². The Kier molecular flexibility index (Phi) is 17.4. The van der Waals surface area contributed by atoms with E-state index in [0.717, 1.165) is 16.7 Å². The number of imidazole rings is 1. The number of hydrogen-bond acceptors (Lipinski definition) is 15. The fourth-order valence-electron chi connectivity index (χ4n) is 10.8. The highest BCUT2D eigenvalue weighted by atomic mass is 16.6. The maximum atomic E-state index is 15.5. The predicted octanol–water partition coefficient (Wildman–Crippen LogP) is 9.41. The van der Waals surface area contributed by atoms with E-state index < -0.39 is 65.3 Å². The van der Waals surface area contributed by atoms with Crippen LogP contribution in [0.3, 0.4) is 0 Å². The highest BCUT2D eigenvalue weighted by molar-refractivity contribution is 5.88. The monoisotopic (exact) mass is 1150 g/mol. The number of fused-ring (bicyclic) bond motifs is 1. The SMILES string of the molecule is COc1ccc(C(OC[C@H]2O[C@@H](n3cnc4c(N)ncnc43)[C@H](OC(c3ccccc3)(c3ccc(OC)cc3)c3ccc(OC)cc3)[C@@H]2NC(=O)C(C)(C)OC(=O)N[C@@H](Cc2ccccc2)C(=O)O)(c2ccccc2)c2ccc(OC)cc2)cc1. The quantitative estimate of drug-likeness (QED) is 0.0436. The van der Waals surface area contributed by atoms with Crippen molar-refractivity contribution in [2.75, 3.05) is 40.8 Å². The summed E-state index contributed by atoms with van der Waals surface area (Å²) in [7, 11) is 6.36. The largest absolute Gasteiger partial charge is 0.497 e. The first-order valence-corrected chi connectivity index (χ1v) is 27.4. The smallest absolute Gasteiger partial charge is 0.408 e. The Balaban J connectivity index is 1.16. The van der Waals surface area contributed by atoms with Crippen molar-refractivity contribution in [1.82, 2.24) is 30.2 Å². The van der Waals surface area contributed by atoms with Crippen LogP contribution in [0.1, 0.15) is 59.0 Å². The Morgan fingerprint density at radius 1 is 0.612 bits per heavy atom. The van der Waals surface area contributed by atoms with E-state index >= 15 is 4.79 Å². The van der Waals surface area contributed by atoms with E-state index in [1.165, 1.54) is 26.5 Å². The molecule has 1 aliphatic rings. The molecule has 7 aromatic carbocycles. The van der Waals surface area contributed by atoms with Crippen molar-refractivity contribution >= 4 is 35.0 Å². The number of carbonyl (C=O) groups is 3. The maximum absolute atomic E-state index is 15.5. The van der Waals surface area contributed by atoms with Gasteiger partial charge < -0.3 is 59.4 Å². The van der Waals surface area contributed by atoms with Crippen LogP contribution >= 0.6 is 0 Å². The number of ether oxygens (including phenoxy) is 8. The van der Waals surface area contributed by atoms with Crippen LogP contribution in [0.2, 0.25) is 0 Å². The zero-order chi connectivity index (χ0) is 59.7. The second-order valence-electron chi connectivity index (χ2n) is 20.7. The van der Waals surface area contributed by atoms with Crippen molar-refractivity contribution in [1.29, 1.82) is 0 Å². The number of aromatic nitrogens is 4. The van der Waals surface area contributed by atoms with Gasteiger partial charge in [0.1, 0.15) is 64.3 Å².